The van der Waals surface area contributed by atoms with Crippen LogP contribution in [0.4, 0.5) is 4.39 Å². The molecule has 0 aromatic heterocycles. The number of rotatable bonds is 3. The highest BCUT2D eigenvalue weighted by Gasteiger charge is 2.30. The summed E-state index contributed by atoms with van der Waals surface area (Å²) in [6.07, 6.45) is 2.33. The molecule has 3 nitrogen and oxygen atoms in total. The second-order valence-electron chi connectivity index (χ2n) is 4.34. The third kappa shape index (κ3) is 2.61. The molecule has 0 fully saturated rings. The lowest BCUT2D eigenvalue weighted by molar-refractivity contribution is -0.136. The highest BCUT2D eigenvalue weighted by atomic mass is 79.9. The zero-order valence-electron chi connectivity index (χ0n) is 10.0. The quantitative estimate of drug-likeness (QED) is 0.789. The number of halogens is 2. The highest BCUT2D eigenvalue weighted by Crippen LogP contribution is 2.29. The molecule has 0 saturated heterocycles. The van der Waals surface area contributed by atoms with Gasteiger partial charge in [0.2, 0.25) is 5.91 Å². The van der Waals surface area contributed by atoms with E-state index in [0.29, 0.717) is 11.8 Å². The Morgan fingerprint density at radius 1 is 1.67 bits per heavy atom. The van der Waals surface area contributed by atoms with Crippen LogP contribution >= 0.6 is 15.9 Å². The second-order valence-corrected chi connectivity index (χ2v) is 4.99. The number of hydrazone groups is 1. The molecule has 2 atom stereocenters. The lowest BCUT2D eigenvalue weighted by atomic mass is 10.0. The van der Waals surface area contributed by atoms with Gasteiger partial charge in [0.05, 0.1) is 6.04 Å². The van der Waals surface area contributed by atoms with Crippen LogP contribution in [0.1, 0.15) is 24.9 Å². The zero-order valence-corrected chi connectivity index (χ0v) is 11.6. The monoisotopic (exact) mass is 312 g/mol. The number of hydrogen-bond acceptors (Lipinski definition) is 2. The standard InChI is InChI=1S/C13H14BrFN2O/c1-9(8-14)13(18)17-12(5-6-16-17)10-3-2-4-11(15)7-10/h2-4,6-7,9,12H,5,8H2,1H3. The molecule has 1 amide bonds. The van der Waals surface area contributed by atoms with E-state index in [1.165, 1.54) is 17.1 Å². The summed E-state index contributed by atoms with van der Waals surface area (Å²) in [6, 6.07) is 6.14. The Kier molecular flexibility index (Phi) is 4.11. The summed E-state index contributed by atoms with van der Waals surface area (Å²) in [7, 11) is 0. The Hall–Kier alpha value is -1.23. The van der Waals surface area contributed by atoms with Crippen molar-refractivity contribution in [2.75, 3.05) is 5.33 Å². The van der Waals surface area contributed by atoms with Gasteiger partial charge in [0.25, 0.3) is 0 Å². The van der Waals surface area contributed by atoms with Crippen LogP contribution in [0.5, 0.6) is 0 Å². The Labute approximate surface area is 114 Å². The molecular formula is C13H14BrFN2O. The normalized spacial score (nSPS) is 20.2. The van der Waals surface area contributed by atoms with Gasteiger partial charge in [0, 0.05) is 23.9 Å². The van der Waals surface area contributed by atoms with Crippen LogP contribution in [0.3, 0.4) is 0 Å². The van der Waals surface area contributed by atoms with Crippen molar-refractivity contribution in [1.29, 1.82) is 0 Å². The number of hydrogen-bond donors (Lipinski definition) is 0. The van der Waals surface area contributed by atoms with E-state index in [4.69, 9.17) is 0 Å². The van der Waals surface area contributed by atoms with Crippen molar-refractivity contribution in [3.05, 3.63) is 35.6 Å². The van der Waals surface area contributed by atoms with Crippen molar-refractivity contribution < 1.29 is 9.18 Å². The molecule has 0 bridgehead atoms. The van der Waals surface area contributed by atoms with E-state index in [-0.39, 0.29) is 23.7 Å². The number of benzene rings is 1. The second kappa shape index (κ2) is 5.61. The van der Waals surface area contributed by atoms with Gasteiger partial charge in [-0.1, -0.05) is 35.0 Å². The highest BCUT2D eigenvalue weighted by molar-refractivity contribution is 9.09. The molecule has 1 aliphatic heterocycles. The van der Waals surface area contributed by atoms with Gasteiger partial charge < -0.3 is 0 Å². The predicted molar refractivity (Wildman–Crippen MR) is 72.1 cm³/mol. The molecule has 1 aromatic rings. The minimum absolute atomic E-state index is 0.0464. The van der Waals surface area contributed by atoms with Crippen molar-refractivity contribution in [1.82, 2.24) is 5.01 Å². The Bertz CT molecular complexity index is 478. The maximum absolute atomic E-state index is 13.2. The van der Waals surface area contributed by atoms with E-state index in [2.05, 4.69) is 21.0 Å². The molecule has 2 rings (SSSR count). The van der Waals surface area contributed by atoms with E-state index in [1.807, 2.05) is 13.0 Å². The molecule has 1 aromatic carbocycles. The SMILES string of the molecule is CC(CBr)C(=O)N1N=CCC1c1cccc(F)c1. The molecule has 96 valence electrons. The number of amides is 1. The molecule has 0 N–H and O–H groups in total. The van der Waals surface area contributed by atoms with Crippen molar-refractivity contribution in [3.63, 3.8) is 0 Å². The van der Waals surface area contributed by atoms with Gasteiger partial charge in [-0.15, -0.1) is 0 Å². The van der Waals surface area contributed by atoms with Gasteiger partial charge in [0.15, 0.2) is 0 Å². The molecule has 1 aliphatic rings. The molecule has 0 saturated carbocycles. The number of nitrogens with zero attached hydrogens (tertiary/aromatic N) is 2. The van der Waals surface area contributed by atoms with E-state index < -0.39 is 0 Å². The lowest BCUT2D eigenvalue weighted by Gasteiger charge is -2.24. The summed E-state index contributed by atoms with van der Waals surface area (Å²) in [5, 5.41) is 6.16. The first-order valence-electron chi connectivity index (χ1n) is 5.80. The van der Waals surface area contributed by atoms with Gasteiger partial charge in [-0.2, -0.15) is 5.10 Å². The molecular weight excluding hydrogens is 299 g/mol. The molecule has 2 unspecified atom stereocenters. The van der Waals surface area contributed by atoms with E-state index in [0.717, 1.165) is 5.56 Å². The maximum Gasteiger partial charge on any atom is 0.246 e. The molecule has 0 aliphatic carbocycles. The fourth-order valence-electron chi connectivity index (χ4n) is 1.91. The smallest absolute Gasteiger partial charge is 0.246 e. The first-order chi connectivity index (χ1) is 8.63. The van der Waals surface area contributed by atoms with Crippen LogP contribution in [0.2, 0.25) is 0 Å². The average molecular weight is 313 g/mol. The summed E-state index contributed by atoms with van der Waals surface area (Å²) >= 11 is 3.29. The van der Waals surface area contributed by atoms with Gasteiger partial charge in [-0.25, -0.2) is 9.40 Å². The summed E-state index contributed by atoms with van der Waals surface area (Å²) in [6.45, 7) is 1.84. The lowest BCUT2D eigenvalue weighted by Crippen LogP contribution is -2.32. The Morgan fingerprint density at radius 3 is 3.11 bits per heavy atom. The first-order valence-corrected chi connectivity index (χ1v) is 6.92. The van der Waals surface area contributed by atoms with Gasteiger partial charge in [-0.3, -0.25) is 4.79 Å². The number of alkyl halides is 1. The fourth-order valence-corrected chi connectivity index (χ4v) is 2.19. The fraction of sp³-hybridized carbons (Fsp3) is 0.385. The van der Waals surface area contributed by atoms with Crippen LogP contribution in [0.15, 0.2) is 29.4 Å². The largest absolute Gasteiger partial charge is 0.273 e. The summed E-state index contributed by atoms with van der Waals surface area (Å²) in [5.74, 6) is -0.480. The molecule has 1 heterocycles. The average Bonchev–Trinajstić information content (AvgIpc) is 2.86. The van der Waals surface area contributed by atoms with Crippen LogP contribution in [0.25, 0.3) is 0 Å². The first kappa shape index (κ1) is 13.2. The van der Waals surface area contributed by atoms with Gasteiger partial charge in [0.1, 0.15) is 5.82 Å². The van der Waals surface area contributed by atoms with E-state index >= 15 is 0 Å². The predicted octanol–water partition coefficient (Wildman–Crippen LogP) is 3.12. The van der Waals surface area contributed by atoms with Crippen molar-refractivity contribution in [2.45, 2.75) is 19.4 Å². The zero-order chi connectivity index (χ0) is 13.1. The van der Waals surface area contributed by atoms with Crippen molar-refractivity contribution in [3.8, 4) is 0 Å². The third-order valence-electron chi connectivity index (χ3n) is 2.94. The molecule has 0 spiro atoms. The van der Waals surface area contributed by atoms with Gasteiger partial charge >= 0.3 is 0 Å². The van der Waals surface area contributed by atoms with Crippen LogP contribution in [0, 0.1) is 11.7 Å². The Morgan fingerprint density at radius 2 is 2.44 bits per heavy atom. The Balaban J connectivity index is 2.21. The molecule has 5 heteroatoms. The van der Waals surface area contributed by atoms with E-state index in [9.17, 15) is 9.18 Å². The number of carbonyl (C=O) groups excluding carboxylic acids is 1. The summed E-state index contributed by atoms with van der Waals surface area (Å²) in [5.41, 5.74) is 0.780. The van der Waals surface area contributed by atoms with E-state index in [1.54, 1.807) is 12.3 Å². The molecule has 18 heavy (non-hydrogen) atoms. The van der Waals surface area contributed by atoms with Crippen molar-refractivity contribution in [2.24, 2.45) is 11.0 Å². The molecule has 0 radical (unpaired) electrons. The number of carbonyl (C=O) groups is 1. The van der Waals surface area contributed by atoms with Crippen LogP contribution in [-0.4, -0.2) is 22.5 Å². The van der Waals surface area contributed by atoms with Crippen molar-refractivity contribution >= 4 is 28.1 Å². The van der Waals surface area contributed by atoms with Crippen LogP contribution in [-0.2, 0) is 4.79 Å². The third-order valence-corrected chi connectivity index (χ3v) is 3.91. The minimum Gasteiger partial charge on any atom is -0.273 e. The minimum atomic E-state index is -0.291. The summed E-state index contributed by atoms with van der Waals surface area (Å²) in [4.78, 5) is 12.1. The van der Waals surface area contributed by atoms with Gasteiger partial charge in [-0.05, 0) is 17.7 Å². The maximum atomic E-state index is 13.2. The van der Waals surface area contributed by atoms with Crippen LogP contribution < -0.4 is 0 Å². The summed E-state index contributed by atoms with van der Waals surface area (Å²) < 4.78 is 13.2. The topological polar surface area (TPSA) is 32.7 Å².